The van der Waals surface area contributed by atoms with Gasteiger partial charge < -0.3 is 23.7 Å². The molecular weight excluding hydrogens is 448 g/mol. The second-order valence-electron chi connectivity index (χ2n) is 7.30. The molecule has 0 aromatic heterocycles. The van der Waals surface area contributed by atoms with Gasteiger partial charge in [0.2, 0.25) is 0 Å². The number of benzene rings is 2. The fourth-order valence-electron chi connectivity index (χ4n) is 2.83. The van der Waals surface area contributed by atoms with E-state index in [1.54, 1.807) is 93.8 Å². The summed E-state index contributed by atoms with van der Waals surface area (Å²) in [7, 11) is 1.64. The zero-order valence-corrected chi connectivity index (χ0v) is 20.6. The van der Waals surface area contributed by atoms with Gasteiger partial charge in [0.1, 0.15) is 23.0 Å². The summed E-state index contributed by atoms with van der Waals surface area (Å²) in [5.74, 6) is 0.976. The van der Waals surface area contributed by atoms with Gasteiger partial charge in [-0.25, -0.2) is 9.59 Å². The molecule has 0 saturated carbocycles. The van der Waals surface area contributed by atoms with E-state index in [2.05, 4.69) is 0 Å². The maximum atomic E-state index is 12.6. The van der Waals surface area contributed by atoms with Gasteiger partial charge in [-0.2, -0.15) is 0 Å². The predicted molar refractivity (Wildman–Crippen MR) is 134 cm³/mol. The molecular formula is C28H32O7. The smallest absolute Gasteiger partial charge is 0.343 e. The Morgan fingerprint density at radius 3 is 1.91 bits per heavy atom. The number of carbonyl (C=O) groups excluding carboxylic acids is 2. The van der Waals surface area contributed by atoms with Gasteiger partial charge in [-0.15, -0.1) is 0 Å². The summed E-state index contributed by atoms with van der Waals surface area (Å²) in [5.41, 5.74) is 0.781. The van der Waals surface area contributed by atoms with Crippen molar-refractivity contribution in [2.75, 3.05) is 26.9 Å². The third-order valence-electron chi connectivity index (χ3n) is 4.53. The first-order chi connectivity index (χ1) is 17.0. The molecule has 0 aliphatic rings. The summed E-state index contributed by atoms with van der Waals surface area (Å²) in [6.07, 6.45) is 7.28. The highest BCUT2D eigenvalue weighted by Crippen LogP contribution is 2.16. The lowest BCUT2D eigenvalue weighted by atomic mass is 10.2. The molecule has 186 valence electrons. The molecule has 7 heteroatoms. The molecule has 0 unspecified atom stereocenters. The number of esters is 2. The van der Waals surface area contributed by atoms with Crippen molar-refractivity contribution >= 4 is 11.9 Å². The van der Waals surface area contributed by atoms with E-state index in [1.807, 2.05) is 6.92 Å². The number of carbonyl (C=O) groups is 2. The van der Waals surface area contributed by atoms with Crippen LogP contribution >= 0.6 is 0 Å². The van der Waals surface area contributed by atoms with E-state index < -0.39 is 11.9 Å². The quantitative estimate of drug-likeness (QED) is 0.153. The minimum Gasteiger partial charge on any atom is -0.494 e. The minimum absolute atomic E-state index is 0.300. The van der Waals surface area contributed by atoms with Crippen molar-refractivity contribution in [3.05, 3.63) is 95.5 Å². The van der Waals surface area contributed by atoms with Crippen LogP contribution < -0.4 is 9.47 Å². The normalized spacial score (nSPS) is 11.9. The van der Waals surface area contributed by atoms with Gasteiger partial charge in [0.25, 0.3) is 0 Å². The standard InChI is InChI=1S/C28H32O7/c1-5-8-26(35-28(30)23-12-17-25(18-13-23)33-20-7-19-31-4)14-9-21(3)34-27(29)22-10-15-24(16-11-22)32-6-2/h5,8-18H,6-7,19-20H2,1-4H3/b8-5-,21-9+,26-14+. The van der Waals surface area contributed by atoms with Crippen molar-refractivity contribution in [2.45, 2.75) is 27.2 Å². The molecule has 0 aliphatic heterocycles. The number of rotatable bonds is 13. The number of hydrogen-bond donors (Lipinski definition) is 0. The Kier molecular flexibility index (Phi) is 11.9. The molecule has 0 amide bonds. The van der Waals surface area contributed by atoms with E-state index in [0.29, 0.717) is 54.0 Å². The minimum atomic E-state index is -0.516. The second kappa shape index (κ2) is 15.1. The lowest BCUT2D eigenvalue weighted by Crippen LogP contribution is -2.05. The van der Waals surface area contributed by atoms with Crippen molar-refractivity contribution < 1.29 is 33.3 Å². The Hall–Kier alpha value is -3.84. The van der Waals surface area contributed by atoms with Crippen LogP contribution in [0.3, 0.4) is 0 Å². The Labute approximate surface area is 206 Å². The molecule has 0 fully saturated rings. The van der Waals surface area contributed by atoms with E-state index in [-0.39, 0.29) is 0 Å². The van der Waals surface area contributed by atoms with Gasteiger partial charge >= 0.3 is 11.9 Å². The van der Waals surface area contributed by atoms with E-state index in [4.69, 9.17) is 23.7 Å². The first-order valence-corrected chi connectivity index (χ1v) is 11.4. The van der Waals surface area contributed by atoms with Crippen LogP contribution in [0.2, 0.25) is 0 Å². The third kappa shape index (κ3) is 9.90. The fourth-order valence-corrected chi connectivity index (χ4v) is 2.83. The highest BCUT2D eigenvalue weighted by Gasteiger charge is 2.10. The van der Waals surface area contributed by atoms with Gasteiger partial charge in [-0.1, -0.05) is 6.08 Å². The summed E-state index contributed by atoms with van der Waals surface area (Å²) >= 11 is 0. The van der Waals surface area contributed by atoms with Crippen molar-refractivity contribution in [1.29, 1.82) is 0 Å². The van der Waals surface area contributed by atoms with Crippen molar-refractivity contribution in [3.8, 4) is 11.5 Å². The molecule has 7 nitrogen and oxygen atoms in total. The molecule has 0 atom stereocenters. The molecule has 0 aliphatic carbocycles. The van der Waals surface area contributed by atoms with Crippen LogP contribution in [0, 0.1) is 0 Å². The first kappa shape index (κ1) is 27.4. The molecule has 0 N–H and O–H groups in total. The van der Waals surface area contributed by atoms with Gasteiger partial charge in [-0.3, -0.25) is 0 Å². The SMILES string of the molecule is C\C=C/C(=C\C=C(/C)OC(=O)c1ccc(OCC)cc1)OC(=O)c1ccc(OCCCOC)cc1. The summed E-state index contributed by atoms with van der Waals surface area (Å²) < 4.78 is 26.8. The largest absolute Gasteiger partial charge is 0.494 e. The molecule has 0 radical (unpaired) electrons. The number of allylic oxidation sites excluding steroid dienone is 5. The van der Waals surface area contributed by atoms with Crippen LogP contribution in [0.1, 0.15) is 47.9 Å². The van der Waals surface area contributed by atoms with Gasteiger partial charge in [0.05, 0.1) is 24.3 Å². The number of ether oxygens (including phenoxy) is 5. The maximum absolute atomic E-state index is 12.6. The fraction of sp³-hybridized carbons (Fsp3) is 0.286. The number of hydrogen-bond acceptors (Lipinski definition) is 7. The van der Waals surface area contributed by atoms with Crippen LogP contribution in [0.25, 0.3) is 0 Å². The van der Waals surface area contributed by atoms with Crippen molar-refractivity contribution in [1.82, 2.24) is 0 Å². The average Bonchev–Trinajstić information content (AvgIpc) is 2.86. The maximum Gasteiger partial charge on any atom is 0.343 e. The Morgan fingerprint density at radius 1 is 0.800 bits per heavy atom. The molecule has 0 saturated heterocycles. The highest BCUT2D eigenvalue weighted by atomic mass is 16.5. The summed E-state index contributed by atoms with van der Waals surface area (Å²) in [6, 6.07) is 13.4. The van der Waals surface area contributed by atoms with Crippen LogP contribution in [-0.4, -0.2) is 38.9 Å². The molecule has 0 heterocycles. The highest BCUT2D eigenvalue weighted by molar-refractivity contribution is 5.91. The lowest BCUT2D eigenvalue weighted by molar-refractivity contribution is 0.0615. The molecule has 2 aromatic rings. The van der Waals surface area contributed by atoms with Crippen LogP contribution in [0.4, 0.5) is 0 Å². The molecule has 2 rings (SSSR count). The molecule has 0 bridgehead atoms. The van der Waals surface area contributed by atoms with Gasteiger partial charge in [0.15, 0.2) is 0 Å². The molecule has 35 heavy (non-hydrogen) atoms. The van der Waals surface area contributed by atoms with Gasteiger partial charge in [-0.05, 0) is 87.5 Å². The van der Waals surface area contributed by atoms with E-state index in [0.717, 1.165) is 6.42 Å². The zero-order valence-electron chi connectivity index (χ0n) is 20.6. The zero-order chi connectivity index (χ0) is 25.5. The first-order valence-electron chi connectivity index (χ1n) is 11.4. The molecule has 0 spiro atoms. The van der Waals surface area contributed by atoms with Crippen molar-refractivity contribution in [2.24, 2.45) is 0 Å². The predicted octanol–water partition coefficient (Wildman–Crippen LogP) is 5.88. The van der Waals surface area contributed by atoms with E-state index in [1.165, 1.54) is 0 Å². The summed E-state index contributed by atoms with van der Waals surface area (Å²) in [6.45, 7) is 7.04. The van der Waals surface area contributed by atoms with Crippen LogP contribution in [-0.2, 0) is 14.2 Å². The van der Waals surface area contributed by atoms with Gasteiger partial charge in [0, 0.05) is 20.1 Å². The average molecular weight is 481 g/mol. The summed E-state index contributed by atoms with van der Waals surface area (Å²) in [5, 5.41) is 0. The lowest BCUT2D eigenvalue weighted by Gasteiger charge is -2.08. The Morgan fingerprint density at radius 2 is 1.37 bits per heavy atom. The van der Waals surface area contributed by atoms with E-state index in [9.17, 15) is 9.59 Å². The van der Waals surface area contributed by atoms with Crippen LogP contribution in [0.5, 0.6) is 11.5 Å². The monoisotopic (exact) mass is 480 g/mol. The molecule has 2 aromatic carbocycles. The van der Waals surface area contributed by atoms with E-state index >= 15 is 0 Å². The number of methoxy groups -OCH3 is 1. The second-order valence-corrected chi connectivity index (χ2v) is 7.30. The van der Waals surface area contributed by atoms with Crippen LogP contribution in [0.15, 0.2) is 84.4 Å². The Balaban J connectivity index is 1.97. The van der Waals surface area contributed by atoms with Crippen molar-refractivity contribution in [3.63, 3.8) is 0 Å². The summed E-state index contributed by atoms with van der Waals surface area (Å²) in [4.78, 5) is 24.9. The Bertz CT molecular complexity index is 1030. The topological polar surface area (TPSA) is 80.3 Å². The third-order valence-corrected chi connectivity index (χ3v) is 4.53.